The summed E-state index contributed by atoms with van der Waals surface area (Å²) in [6.45, 7) is 3.56. The third kappa shape index (κ3) is 3.59. The van der Waals surface area contributed by atoms with E-state index < -0.39 is 6.10 Å². The van der Waals surface area contributed by atoms with E-state index in [0.717, 1.165) is 11.1 Å². The minimum Gasteiger partial charge on any atom is -0.462 e. The van der Waals surface area contributed by atoms with Gasteiger partial charge in [0.1, 0.15) is 6.10 Å². The minimum absolute atomic E-state index is 0.302. The summed E-state index contributed by atoms with van der Waals surface area (Å²) in [5.74, 6) is -0.642. The molecule has 2 aromatic carbocycles. The summed E-state index contributed by atoms with van der Waals surface area (Å²) in [6.07, 6.45) is -1.00. The number of ether oxygens (including phenoxy) is 1. The Bertz CT molecular complexity index is 654. The molecular formula is C18H18O4. The molecule has 1 atom stereocenters. The Morgan fingerprint density at radius 1 is 0.955 bits per heavy atom. The molecule has 1 unspecified atom stereocenters. The molecule has 22 heavy (non-hydrogen) atoms. The lowest BCUT2D eigenvalue weighted by atomic mass is 10.00. The molecule has 114 valence electrons. The van der Waals surface area contributed by atoms with Gasteiger partial charge in [-0.1, -0.05) is 36.4 Å². The normalized spacial score (nSPS) is 11.8. The topological polar surface area (TPSA) is 63.6 Å². The largest absolute Gasteiger partial charge is 0.462 e. The highest BCUT2D eigenvalue weighted by Gasteiger charge is 2.12. The van der Waals surface area contributed by atoms with Crippen LogP contribution in [0.5, 0.6) is 0 Å². The fourth-order valence-electron chi connectivity index (χ4n) is 2.08. The standard InChI is InChI=1S/C18H18O4/c1-3-22-18(21)16-10-6-14(7-11-16)13-4-8-15(9-5-13)17(20)12(2)19/h4-12,19H,3H2,1-2H3. The molecule has 0 heterocycles. The van der Waals surface area contributed by atoms with Gasteiger partial charge in [0, 0.05) is 5.56 Å². The fourth-order valence-corrected chi connectivity index (χ4v) is 2.08. The molecule has 0 fully saturated rings. The van der Waals surface area contributed by atoms with Crippen LogP contribution >= 0.6 is 0 Å². The van der Waals surface area contributed by atoms with E-state index in [1.165, 1.54) is 6.92 Å². The number of rotatable bonds is 5. The lowest BCUT2D eigenvalue weighted by molar-refractivity contribution is 0.0526. The van der Waals surface area contributed by atoms with Gasteiger partial charge in [-0.25, -0.2) is 4.79 Å². The Morgan fingerprint density at radius 2 is 1.41 bits per heavy atom. The minimum atomic E-state index is -1.00. The third-order valence-corrected chi connectivity index (χ3v) is 3.28. The molecule has 0 radical (unpaired) electrons. The van der Waals surface area contributed by atoms with Crippen molar-refractivity contribution in [2.45, 2.75) is 20.0 Å². The zero-order chi connectivity index (χ0) is 16.1. The van der Waals surface area contributed by atoms with Crippen molar-refractivity contribution in [3.8, 4) is 11.1 Å². The quantitative estimate of drug-likeness (QED) is 0.680. The lowest BCUT2D eigenvalue weighted by Gasteiger charge is -2.07. The molecule has 0 amide bonds. The Kier molecular flexibility index (Phi) is 5.07. The molecule has 2 aromatic rings. The number of benzene rings is 2. The van der Waals surface area contributed by atoms with Crippen LogP contribution in [0.25, 0.3) is 11.1 Å². The number of hydrogen-bond acceptors (Lipinski definition) is 4. The van der Waals surface area contributed by atoms with Crippen LogP contribution in [-0.2, 0) is 4.74 Å². The van der Waals surface area contributed by atoms with Gasteiger partial charge >= 0.3 is 5.97 Å². The number of aliphatic hydroxyl groups excluding tert-OH is 1. The first-order chi connectivity index (χ1) is 10.5. The maximum atomic E-state index is 11.7. The van der Waals surface area contributed by atoms with E-state index in [9.17, 15) is 14.7 Å². The molecule has 2 rings (SSSR count). The van der Waals surface area contributed by atoms with Crippen LogP contribution < -0.4 is 0 Å². The molecule has 0 bridgehead atoms. The average Bonchev–Trinajstić information content (AvgIpc) is 2.54. The molecule has 0 saturated carbocycles. The van der Waals surface area contributed by atoms with E-state index in [1.807, 2.05) is 24.3 Å². The second kappa shape index (κ2) is 7.00. The maximum absolute atomic E-state index is 11.7. The second-order valence-corrected chi connectivity index (χ2v) is 4.92. The average molecular weight is 298 g/mol. The van der Waals surface area contributed by atoms with Gasteiger partial charge in [0.2, 0.25) is 0 Å². The SMILES string of the molecule is CCOC(=O)c1ccc(-c2ccc(C(=O)C(C)O)cc2)cc1. The van der Waals surface area contributed by atoms with E-state index in [2.05, 4.69) is 0 Å². The van der Waals surface area contributed by atoms with Gasteiger partial charge in [-0.05, 0) is 37.1 Å². The highest BCUT2D eigenvalue weighted by Crippen LogP contribution is 2.21. The van der Waals surface area contributed by atoms with Crippen LogP contribution in [0.1, 0.15) is 34.6 Å². The molecule has 0 aromatic heterocycles. The van der Waals surface area contributed by atoms with Crippen molar-refractivity contribution in [3.63, 3.8) is 0 Å². The summed E-state index contributed by atoms with van der Waals surface area (Å²) >= 11 is 0. The summed E-state index contributed by atoms with van der Waals surface area (Å²) in [7, 11) is 0. The van der Waals surface area contributed by atoms with E-state index in [1.54, 1.807) is 31.2 Å². The van der Waals surface area contributed by atoms with Crippen molar-refractivity contribution in [2.24, 2.45) is 0 Å². The Balaban J connectivity index is 2.18. The first-order valence-corrected chi connectivity index (χ1v) is 7.13. The number of carbonyl (C=O) groups excluding carboxylic acids is 2. The fraction of sp³-hybridized carbons (Fsp3) is 0.222. The maximum Gasteiger partial charge on any atom is 0.338 e. The number of aliphatic hydroxyl groups is 1. The summed E-state index contributed by atoms with van der Waals surface area (Å²) < 4.78 is 4.94. The molecule has 0 saturated heterocycles. The van der Waals surface area contributed by atoms with Gasteiger partial charge in [-0.3, -0.25) is 4.79 Å². The predicted molar refractivity (Wildman–Crippen MR) is 83.8 cm³/mol. The third-order valence-electron chi connectivity index (χ3n) is 3.28. The number of hydrogen-bond donors (Lipinski definition) is 1. The van der Waals surface area contributed by atoms with Crippen LogP contribution in [0.4, 0.5) is 0 Å². The summed E-state index contributed by atoms with van der Waals surface area (Å²) in [6, 6.07) is 14.1. The number of esters is 1. The van der Waals surface area contributed by atoms with Crippen LogP contribution in [0.15, 0.2) is 48.5 Å². The number of carbonyl (C=O) groups is 2. The zero-order valence-corrected chi connectivity index (χ0v) is 12.6. The van der Waals surface area contributed by atoms with Gasteiger partial charge in [0.25, 0.3) is 0 Å². The van der Waals surface area contributed by atoms with Crippen molar-refractivity contribution in [2.75, 3.05) is 6.61 Å². The van der Waals surface area contributed by atoms with Gasteiger partial charge in [0.15, 0.2) is 5.78 Å². The molecule has 0 aliphatic heterocycles. The Morgan fingerprint density at radius 3 is 1.82 bits per heavy atom. The summed E-state index contributed by atoms with van der Waals surface area (Å²) in [5, 5.41) is 9.29. The van der Waals surface area contributed by atoms with Crippen molar-refractivity contribution in [1.29, 1.82) is 0 Å². The number of ketones is 1. The molecule has 0 aliphatic carbocycles. The van der Waals surface area contributed by atoms with Crippen LogP contribution in [-0.4, -0.2) is 29.6 Å². The van der Waals surface area contributed by atoms with Crippen molar-refractivity contribution >= 4 is 11.8 Å². The molecule has 0 aliphatic rings. The highest BCUT2D eigenvalue weighted by atomic mass is 16.5. The molecule has 4 heteroatoms. The van der Waals surface area contributed by atoms with Crippen molar-refractivity contribution in [3.05, 3.63) is 59.7 Å². The van der Waals surface area contributed by atoms with Crippen molar-refractivity contribution < 1.29 is 19.4 Å². The van der Waals surface area contributed by atoms with Crippen molar-refractivity contribution in [1.82, 2.24) is 0 Å². The molecule has 1 N–H and O–H groups in total. The summed E-state index contributed by atoms with van der Waals surface area (Å²) in [4.78, 5) is 23.3. The van der Waals surface area contributed by atoms with E-state index >= 15 is 0 Å². The Labute approximate surface area is 129 Å². The second-order valence-electron chi connectivity index (χ2n) is 4.92. The van der Waals surface area contributed by atoms with Gasteiger partial charge in [0.05, 0.1) is 12.2 Å². The summed E-state index contributed by atoms with van der Waals surface area (Å²) in [5.41, 5.74) is 2.84. The molecule has 4 nitrogen and oxygen atoms in total. The van der Waals surface area contributed by atoms with Crippen LogP contribution in [0.3, 0.4) is 0 Å². The van der Waals surface area contributed by atoms with Gasteiger partial charge < -0.3 is 9.84 Å². The smallest absolute Gasteiger partial charge is 0.338 e. The van der Waals surface area contributed by atoms with Gasteiger partial charge in [-0.2, -0.15) is 0 Å². The van der Waals surface area contributed by atoms with E-state index in [0.29, 0.717) is 17.7 Å². The van der Waals surface area contributed by atoms with Crippen LogP contribution in [0, 0.1) is 0 Å². The first-order valence-electron chi connectivity index (χ1n) is 7.13. The van der Waals surface area contributed by atoms with Gasteiger partial charge in [-0.15, -0.1) is 0 Å². The zero-order valence-electron chi connectivity index (χ0n) is 12.6. The molecule has 0 spiro atoms. The Hall–Kier alpha value is -2.46. The molecular weight excluding hydrogens is 280 g/mol. The van der Waals surface area contributed by atoms with Crippen LogP contribution in [0.2, 0.25) is 0 Å². The number of Topliss-reactive ketones (excluding diaryl/α,β-unsaturated/α-hetero) is 1. The van der Waals surface area contributed by atoms with E-state index in [-0.39, 0.29) is 11.8 Å². The monoisotopic (exact) mass is 298 g/mol. The predicted octanol–water partition coefficient (Wildman–Crippen LogP) is 3.09. The first kappa shape index (κ1) is 15.9. The van der Waals surface area contributed by atoms with E-state index in [4.69, 9.17) is 4.74 Å². The highest BCUT2D eigenvalue weighted by molar-refractivity contribution is 5.99. The lowest BCUT2D eigenvalue weighted by Crippen LogP contribution is -2.15.